The Kier molecular flexibility index (Phi) is 2.40. The Morgan fingerprint density at radius 2 is 1.18 bits per heavy atom. The zero-order valence-corrected chi connectivity index (χ0v) is 5.42. The van der Waals surface area contributed by atoms with Gasteiger partial charge in [0.15, 0.2) is 0 Å². The maximum atomic E-state index is 11.5. The lowest BCUT2D eigenvalue weighted by Crippen LogP contribution is -2.56. The Balaban J connectivity index is 4.75. The van der Waals surface area contributed by atoms with Crippen LogP contribution in [0.4, 0.5) is 22.0 Å². The number of hydrogen-bond acceptors (Lipinski definition) is 2. The zero-order valence-electron chi connectivity index (χ0n) is 4.66. The largest absolute Gasteiger partial charge is 0.451 e. The van der Waals surface area contributed by atoms with Crippen LogP contribution in [0, 0.1) is 0 Å². The van der Waals surface area contributed by atoms with Gasteiger partial charge in [-0.2, -0.15) is 22.0 Å². The van der Waals surface area contributed by atoms with Crippen LogP contribution in [0.1, 0.15) is 0 Å². The van der Waals surface area contributed by atoms with Crippen molar-refractivity contribution in [3.63, 3.8) is 0 Å². The summed E-state index contributed by atoms with van der Waals surface area (Å²) in [6, 6.07) is 0. The molecule has 0 fully saturated rings. The highest BCUT2D eigenvalue weighted by Gasteiger charge is 2.68. The number of alkyl halides is 6. The van der Waals surface area contributed by atoms with Gasteiger partial charge in [0, 0.05) is 0 Å². The molecule has 0 spiro atoms. The van der Waals surface area contributed by atoms with Gasteiger partial charge in [0.25, 0.3) is 0 Å². The third kappa shape index (κ3) is 1.91. The lowest BCUT2D eigenvalue weighted by molar-refractivity contribution is -0.396. The number of aliphatic hydroxyl groups is 2. The molecular formula is C3H2ClF5O2. The van der Waals surface area contributed by atoms with Gasteiger partial charge in [-0.1, -0.05) is 0 Å². The van der Waals surface area contributed by atoms with Gasteiger partial charge in [-0.3, -0.25) is 0 Å². The van der Waals surface area contributed by atoms with E-state index in [9.17, 15) is 22.0 Å². The Bertz CT molecular complexity index is 131. The molecule has 0 aromatic heterocycles. The van der Waals surface area contributed by atoms with E-state index in [1.807, 2.05) is 0 Å². The molecule has 8 heteroatoms. The molecule has 2 N–H and O–H groups in total. The van der Waals surface area contributed by atoms with Crippen molar-refractivity contribution in [1.82, 2.24) is 0 Å². The third-order valence-electron chi connectivity index (χ3n) is 0.791. The van der Waals surface area contributed by atoms with E-state index in [1.54, 1.807) is 0 Å². The van der Waals surface area contributed by atoms with Gasteiger partial charge < -0.3 is 10.2 Å². The molecule has 0 aliphatic carbocycles. The van der Waals surface area contributed by atoms with Gasteiger partial charge >= 0.3 is 17.3 Å². The van der Waals surface area contributed by atoms with E-state index in [-0.39, 0.29) is 0 Å². The van der Waals surface area contributed by atoms with Gasteiger partial charge in [-0.15, -0.1) is 0 Å². The summed E-state index contributed by atoms with van der Waals surface area (Å²) >= 11 is 3.76. The predicted octanol–water partition coefficient (Wildman–Crippen LogP) is 1.06. The fourth-order valence-electron chi connectivity index (χ4n) is 0.161. The molecule has 0 saturated carbocycles. The zero-order chi connectivity index (χ0) is 9.50. The van der Waals surface area contributed by atoms with E-state index in [4.69, 9.17) is 10.2 Å². The molecule has 0 saturated heterocycles. The SMILES string of the molecule is OC(O)(C(F)(F)F)C(F)(F)Cl. The molecule has 0 aliphatic rings. The van der Waals surface area contributed by atoms with Crippen LogP contribution in [0.2, 0.25) is 0 Å². The first kappa shape index (κ1) is 10.9. The standard InChI is InChI=1S/C3H2ClF5O2/c4-2(5,6)1(10,11)3(7,8)9/h10-11H. The van der Waals surface area contributed by atoms with E-state index < -0.39 is 17.3 Å². The third-order valence-corrected chi connectivity index (χ3v) is 1.05. The molecule has 0 aromatic rings. The number of rotatable bonds is 1. The molecule has 0 atom stereocenters. The Labute approximate surface area is 62.2 Å². The molecule has 0 heterocycles. The van der Waals surface area contributed by atoms with Gasteiger partial charge in [0.2, 0.25) is 0 Å². The summed E-state index contributed by atoms with van der Waals surface area (Å²) in [7, 11) is 0. The molecule has 0 aliphatic heterocycles. The molecule has 0 amide bonds. The molecule has 68 valence electrons. The second kappa shape index (κ2) is 2.43. The molecule has 0 aromatic carbocycles. The summed E-state index contributed by atoms with van der Waals surface area (Å²) < 4.78 is 56.9. The molecule has 0 radical (unpaired) electrons. The molecule has 0 rings (SSSR count). The highest BCUT2D eigenvalue weighted by Crippen LogP contribution is 2.42. The van der Waals surface area contributed by atoms with Crippen molar-refractivity contribution in [2.45, 2.75) is 17.3 Å². The average Bonchev–Trinajstić information content (AvgIpc) is 1.58. The summed E-state index contributed by atoms with van der Waals surface area (Å²) in [5.41, 5.74) is 0. The van der Waals surface area contributed by atoms with Crippen molar-refractivity contribution >= 4 is 11.6 Å². The van der Waals surface area contributed by atoms with Crippen molar-refractivity contribution in [3.8, 4) is 0 Å². The summed E-state index contributed by atoms with van der Waals surface area (Å²) in [6.45, 7) is 0. The van der Waals surface area contributed by atoms with Crippen molar-refractivity contribution in [1.29, 1.82) is 0 Å². The Morgan fingerprint density at radius 1 is 0.909 bits per heavy atom. The molecule has 0 bridgehead atoms. The van der Waals surface area contributed by atoms with E-state index in [1.165, 1.54) is 0 Å². The van der Waals surface area contributed by atoms with Gasteiger partial charge in [-0.05, 0) is 11.6 Å². The highest BCUT2D eigenvalue weighted by molar-refractivity contribution is 6.22. The minimum atomic E-state index is -5.89. The second-order valence-electron chi connectivity index (χ2n) is 1.67. The van der Waals surface area contributed by atoms with Gasteiger partial charge in [0.1, 0.15) is 0 Å². The van der Waals surface area contributed by atoms with Crippen LogP contribution >= 0.6 is 11.6 Å². The van der Waals surface area contributed by atoms with Crippen molar-refractivity contribution in [2.24, 2.45) is 0 Å². The highest BCUT2D eigenvalue weighted by atomic mass is 35.5. The summed E-state index contributed by atoms with van der Waals surface area (Å²) in [6.07, 6.45) is -5.89. The van der Waals surface area contributed by atoms with Crippen molar-refractivity contribution in [3.05, 3.63) is 0 Å². The van der Waals surface area contributed by atoms with E-state index in [0.29, 0.717) is 0 Å². The fraction of sp³-hybridized carbons (Fsp3) is 1.00. The van der Waals surface area contributed by atoms with Gasteiger partial charge in [0.05, 0.1) is 0 Å². The Hall–Kier alpha value is -0.140. The Morgan fingerprint density at radius 3 is 1.18 bits per heavy atom. The van der Waals surface area contributed by atoms with Crippen LogP contribution in [-0.4, -0.2) is 27.6 Å². The summed E-state index contributed by atoms with van der Waals surface area (Å²) in [4.78, 5) is 0. The lowest BCUT2D eigenvalue weighted by atomic mass is 10.3. The predicted molar refractivity (Wildman–Crippen MR) is 24.0 cm³/mol. The first-order valence-corrected chi connectivity index (χ1v) is 2.46. The van der Waals surface area contributed by atoms with E-state index >= 15 is 0 Å². The molecule has 2 nitrogen and oxygen atoms in total. The normalized spacial score (nSPS) is 15.3. The number of halogens is 6. The lowest BCUT2D eigenvalue weighted by Gasteiger charge is -2.27. The maximum Gasteiger partial charge on any atom is 0.451 e. The van der Waals surface area contributed by atoms with Crippen LogP contribution in [0.3, 0.4) is 0 Å². The number of hydrogen-bond donors (Lipinski definition) is 2. The van der Waals surface area contributed by atoms with Crippen LogP contribution in [0.25, 0.3) is 0 Å². The summed E-state index contributed by atoms with van der Waals surface area (Å²) in [5, 5.41) is 10.3. The van der Waals surface area contributed by atoms with E-state index in [2.05, 4.69) is 11.6 Å². The average molecular weight is 200 g/mol. The minimum Gasteiger partial charge on any atom is -0.353 e. The molecular weight excluding hydrogens is 198 g/mol. The van der Waals surface area contributed by atoms with Crippen LogP contribution < -0.4 is 0 Å². The minimum absolute atomic E-state index is 3.76. The smallest absolute Gasteiger partial charge is 0.353 e. The van der Waals surface area contributed by atoms with Crippen LogP contribution in [0.5, 0.6) is 0 Å². The second-order valence-corrected chi connectivity index (χ2v) is 2.14. The molecule has 0 unspecified atom stereocenters. The van der Waals surface area contributed by atoms with Crippen LogP contribution in [-0.2, 0) is 0 Å². The maximum absolute atomic E-state index is 11.5. The van der Waals surface area contributed by atoms with Crippen molar-refractivity contribution in [2.75, 3.05) is 0 Å². The first-order chi connectivity index (χ1) is 4.50. The first-order valence-electron chi connectivity index (χ1n) is 2.08. The topological polar surface area (TPSA) is 40.5 Å². The molecule has 11 heavy (non-hydrogen) atoms. The fourth-order valence-corrected chi connectivity index (χ4v) is 0.268. The quantitative estimate of drug-likeness (QED) is 0.378. The summed E-state index contributed by atoms with van der Waals surface area (Å²) in [5.74, 6) is -5.19. The monoisotopic (exact) mass is 200 g/mol. The van der Waals surface area contributed by atoms with Crippen LogP contribution in [0.15, 0.2) is 0 Å². The van der Waals surface area contributed by atoms with Gasteiger partial charge in [-0.25, -0.2) is 0 Å². The van der Waals surface area contributed by atoms with Crippen molar-refractivity contribution < 1.29 is 32.2 Å². The van der Waals surface area contributed by atoms with E-state index in [0.717, 1.165) is 0 Å².